The Labute approximate surface area is 162 Å². The van der Waals surface area contributed by atoms with Crippen LogP contribution in [0.1, 0.15) is 38.7 Å². The molecule has 146 valence electrons. The number of anilines is 1. The van der Waals surface area contributed by atoms with Crippen LogP contribution in [0.15, 0.2) is 23.1 Å². The Kier molecular flexibility index (Phi) is 6.71. The first-order chi connectivity index (χ1) is 11.8. The summed E-state index contributed by atoms with van der Waals surface area (Å²) in [4.78, 5) is 13.8. The van der Waals surface area contributed by atoms with Crippen LogP contribution in [-0.2, 0) is 21.2 Å². The fourth-order valence-electron chi connectivity index (χ4n) is 3.81. The molecular weight excluding hydrogens is 374 g/mol. The number of fused-ring (bicyclic) bond motifs is 1. The molecule has 2 aliphatic heterocycles. The Balaban J connectivity index is 0.00000243. The molecule has 0 aromatic heterocycles. The number of piperidine rings is 1. The average Bonchev–Trinajstić information content (AvgIpc) is 2.60. The zero-order chi connectivity index (χ0) is 18.2. The molecule has 1 aromatic rings. The summed E-state index contributed by atoms with van der Waals surface area (Å²) < 4.78 is 27.7. The Hall–Kier alpha value is -1.15. The number of sulfonamides is 1. The van der Waals surface area contributed by atoms with Gasteiger partial charge < -0.3 is 10.6 Å². The van der Waals surface area contributed by atoms with Gasteiger partial charge in [0.25, 0.3) is 0 Å². The number of carbonyl (C=O) groups excluding carboxylic acids is 1. The maximum absolute atomic E-state index is 13.1. The molecule has 1 aromatic carbocycles. The number of nitrogens with two attached hydrogens (primary N) is 1. The number of hydrogen-bond donors (Lipinski definition) is 1. The lowest BCUT2D eigenvalue weighted by Gasteiger charge is -2.34. The Morgan fingerprint density at radius 1 is 1.27 bits per heavy atom. The van der Waals surface area contributed by atoms with Crippen LogP contribution in [0.4, 0.5) is 5.69 Å². The molecule has 2 heterocycles. The third kappa shape index (κ3) is 4.06. The fourth-order valence-corrected chi connectivity index (χ4v) is 5.37. The molecule has 0 radical (unpaired) electrons. The first-order valence-corrected chi connectivity index (χ1v) is 10.4. The molecule has 0 bridgehead atoms. The van der Waals surface area contributed by atoms with Crippen LogP contribution in [0.2, 0.25) is 0 Å². The van der Waals surface area contributed by atoms with Crippen molar-refractivity contribution in [2.24, 2.45) is 11.7 Å². The first kappa shape index (κ1) is 21.2. The van der Waals surface area contributed by atoms with Crippen LogP contribution < -0.4 is 10.6 Å². The van der Waals surface area contributed by atoms with Crippen molar-refractivity contribution < 1.29 is 13.2 Å². The zero-order valence-electron chi connectivity index (χ0n) is 15.3. The molecular formula is C18H28ClN3O3S. The predicted octanol–water partition coefficient (Wildman–Crippen LogP) is 2.16. The largest absolute Gasteiger partial charge is 0.328 e. The van der Waals surface area contributed by atoms with Crippen molar-refractivity contribution in [1.82, 2.24) is 4.31 Å². The molecule has 0 spiro atoms. The number of benzene rings is 1. The standard InChI is InChI=1S/C18H27N3O3S.ClH/c1-13(19)16-6-3-9-20(12-16)25(23,24)17-8-7-15-5-4-10-21(14(2)22)18(15)11-17;/h7-8,11,13,16H,3-6,9-10,12,19H2,1-2H3;1H. The van der Waals surface area contributed by atoms with Crippen LogP contribution in [0.25, 0.3) is 0 Å². The highest BCUT2D eigenvalue weighted by molar-refractivity contribution is 7.89. The van der Waals surface area contributed by atoms with E-state index < -0.39 is 10.0 Å². The second-order valence-corrected chi connectivity index (χ2v) is 9.13. The third-order valence-electron chi connectivity index (χ3n) is 5.36. The summed E-state index contributed by atoms with van der Waals surface area (Å²) in [5.74, 6) is 0.139. The minimum absolute atomic E-state index is 0. The quantitative estimate of drug-likeness (QED) is 0.841. The first-order valence-electron chi connectivity index (χ1n) is 8.97. The molecule has 0 saturated carbocycles. The molecule has 2 atom stereocenters. The number of carbonyl (C=O) groups is 1. The van der Waals surface area contributed by atoms with E-state index >= 15 is 0 Å². The van der Waals surface area contributed by atoms with E-state index in [1.54, 1.807) is 21.3 Å². The van der Waals surface area contributed by atoms with E-state index in [9.17, 15) is 13.2 Å². The molecule has 6 nitrogen and oxygen atoms in total. The predicted molar refractivity (Wildman–Crippen MR) is 105 cm³/mol. The second-order valence-electron chi connectivity index (χ2n) is 7.19. The van der Waals surface area contributed by atoms with Crippen molar-refractivity contribution >= 4 is 34.0 Å². The zero-order valence-corrected chi connectivity index (χ0v) is 17.0. The lowest BCUT2D eigenvalue weighted by molar-refractivity contribution is -0.116. The van der Waals surface area contributed by atoms with E-state index in [2.05, 4.69) is 0 Å². The number of amides is 1. The molecule has 1 saturated heterocycles. The van der Waals surface area contributed by atoms with Crippen molar-refractivity contribution in [2.75, 3.05) is 24.5 Å². The average molecular weight is 402 g/mol. The number of nitrogens with zero attached hydrogens (tertiary/aromatic N) is 2. The van der Waals surface area contributed by atoms with Gasteiger partial charge in [0.05, 0.1) is 4.90 Å². The van der Waals surface area contributed by atoms with Crippen LogP contribution in [-0.4, -0.2) is 44.3 Å². The summed E-state index contributed by atoms with van der Waals surface area (Å²) >= 11 is 0. The van der Waals surface area contributed by atoms with Gasteiger partial charge in [-0.1, -0.05) is 6.07 Å². The number of aryl methyl sites for hydroxylation is 1. The van der Waals surface area contributed by atoms with Crippen molar-refractivity contribution in [3.05, 3.63) is 23.8 Å². The van der Waals surface area contributed by atoms with Crippen LogP contribution in [0.5, 0.6) is 0 Å². The molecule has 2 aliphatic rings. The van der Waals surface area contributed by atoms with Crippen LogP contribution >= 0.6 is 12.4 Å². The van der Waals surface area contributed by atoms with E-state index in [1.165, 1.54) is 6.92 Å². The highest BCUT2D eigenvalue weighted by Crippen LogP contribution is 2.32. The van der Waals surface area contributed by atoms with E-state index in [0.717, 1.165) is 36.9 Å². The Morgan fingerprint density at radius 3 is 2.65 bits per heavy atom. The van der Waals surface area contributed by atoms with Gasteiger partial charge in [0.1, 0.15) is 0 Å². The fraction of sp³-hybridized carbons (Fsp3) is 0.611. The van der Waals surface area contributed by atoms with Gasteiger partial charge in [-0.05, 0) is 56.2 Å². The highest BCUT2D eigenvalue weighted by Gasteiger charge is 2.32. The van der Waals surface area contributed by atoms with Crippen molar-refractivity contribution in [1.29, 1.82) is 0 Å². The van der Waals surface area contributed by atoms with Gasteiger partial charge in [0, 0.05) is 38.3 Å². The Morgan fingerprint density at radius 2 is 2.00 bits per heavy atom. The molecule has 0 aliphatic carbocycles. The normalized spacial score (nSPS) is 22.3. The van der Waals surface area contributed by atoms with Gasteiger partial charge in [-0.25, -0.2) is 8.42 Å². The topological polar surface area (TPSA) is 83.7 Å². The molecule has 26 heavy (non-hydrogen) atoms. The van der Waals surface area contributed by atoms with Crippen molar-refractivity contribution in [2.45, 2.75) is 50.5 Å². The summed E-state index contributed by atoms with van der Waals surface area (Å²) in [5, 5.41) is 0. The van der Waals surface area contributed by atoms with Gasteiger partial charge in [-0.15, -0.1) is 12.4 Å². The van der Waals surface area contributed by atoms with Gasteiger partial charge in [0.15, 0.2) is 0 Å². The highest BCUT2D eigenvalue weighted by atomic mass is 35.5. The van der Waals surface area contributed by atoms with Gasteiger partial charge in [0.2, 0.25) is 15.9 Å². The summed E-state index contributed by atoms with van der Waals surface area (Å²) in [6.45, 7) is 5.09. The molecule has 1 amide bonds. The second kappa shape index (κ2) is 8.25. The van der Waals surface area contributed by atoms with E-state index in [4.69, 9.17) is 5.73 Å². The minimum Gasteiger partial charge on any atom is -0.328 e. The summed E-state index contributed by atoms with van der Waals surface area (Å²) in [7, 11) is -3.57. The summed E-state index contributed by atoms with van der Waals surface area (Å²) in [6.07, 6.45) is 3.57. The summed E-state index contributed by atoms with van der Waals surface area (Å²) in [6, 6.07) is 5.17. The van der Waals surface area contributed by atoms with Crippen LogP contribution in [0, 0.1) is 5.92 Å². The molecule has 3 rings (SSSR count). The number of hydrogen-bond acceptors (Lipinski definition) is 4. The van der Waals surface area contributed by atoms with E-state index in [1.807, 2.05) is 13.0 Å². The monoisotopic (exact) mass is 401 g/mol. The molecule has 2 N–H and O–H groups in total. The minimum atomic E-state index is -3.57. The maximum atomic E-state index is 13.1. The van der Waals surface area contributed by atoms with E-state index in [0.29, 0.717) is 19.6 Å². The van der Waals surface area contributed by atoms with Crippen LogP contribution in [0.3, 0.4) is 0 Å². The molecule has 2 unspecified atom stereocenters. The number of rotatable bonds is 3. The maximum Gasteiger partial charge on any atom is 0.243 e. The lowest BCUT2D eigenvalue weighted by atomic mass is 9.93. The van der Waals surface area contributed by atoms with Crippen molar-refractivity contribution in [3.8, 4) is 0 Å². The SMILES string of the molecule is CC(=O)N1CCCc2ccc(S(=O)(=O)N3CCCC(C(C)N)C3)cc21.Cl. The summed E-state index contributed by atoms with van der Waals surface area (Å²) in [5.41, 5.74) is 7.76. The number of halogens is 1. The Bertz CT molecular complexity index is 767. The van der Waals surface area contributed by atoms with Crippen molar-refractivity contribution in [3.63, 3.8) is 0 Å². The van der Waals surface area contributed by atoms with Gasteiger partial charge in [-0.3, -0.25) is 4.79 Å². The van der Waals surface area contributed by atoms with Gasteiger partial charge >= 0.3 is 0 Å². The third-order valence-corrected chi connectivity index (χ3v) is 7.22. The smallest absolute Gasteiger partial charge is 0.243 e. The van der Waals surface area contributed by atoms with Gasteiger partial charge in [-0.2, -0.15) is 4.31 Å². The lowest BCUT2D eigenvalue weighted by Crippen LogP contribution is -2.45. The molecule has 8 heteroatoms. The molecule has 1 fully saturated rings. The van der Waals surface area contributed by atoms with E-state index in [-0.39, 0.29) is 35.2 Å².